The number of allylic oxidation sites excluding steroid dienone is 2. The minimum Gasteiger partial charge on any atom is -0.497 e. The summed E-state index contributed by atoms with van der Waals surface area (Å²) in [7, 11) is 2.93. The van der Waals surface area contributed by atoms with E-state index >= 15 is 26.3 Å². The molecule has 7 rings (SSSR count). The lowest BCUT2D eigenvalue weighted by Crippen LogP contribution is -2.48. The number of ether oxygens (including phenoxy) is 2. The zero-order valence-corrected chi connectivity index (χ0v) is 25.3. The first-order chi connectivity index (χ1) is 21.5. The van der Waals surface area contributed by atoms with Gasteiger partial charge in [0.05, 0.1) is 14.2 Å². The number of halogens is 6. The maximum Gasteiger partial charge on any atom is 0.380 e. The predicted octanol–water partition coefficient (Wildman–Crippen LogP) is 11.3. The van der Waals surface area contributed by atoms with Gasteiger partial charge in [0.15, 0.2) is 0 Å². The number of alkyl halides is 6. The van der Waals surface area contributed by atoms with Crippen molar-refractivity contribution >= 4 is 54.0 Å². The maximum atomic E-state index is 16.3. The van der Waals surface area contributed by atoms with Crippen molar-refractivity contribution in [1.82, 2.24) is 0 Å². The first kappa shape index (κ1) is 29.4. The molecule has 2 nitrogen and oxygen atoms in total. The summed E-state index contributed by atoms with van der Waals surface area (Å²) in [6, 6.07) is 25.6. The monoisotopic (exact) mass is 652 g/mol. The molecule has 4 aromatic carbocycles. The van der Waals surface area contributed by atoms with E-state index in [1.54, 1.807) is 84.9 Å². The van der Waals surface area contributed by atoms with Gasteiger partial charge in [-0.2, -0.15) is 26.3 Å². The fourth-order valence-corrected chi connectivity index (χ4v) is 8.30. The largest absolute Gasteiger partial charge is 0.497 e. The normalized spacial score (nSPS) is 16.9. The minimum atomic E-state index is -5.72. The molecular weight excluding hydrogens is 631 g/mol. The molecule has 10 heteroatoms. The Bertz CT molecular complexity index is 1960. The zero-order chi connectivity index (χ0) is 31.7. The molecule has 0 unspecified atom stereocenters. The van der Waals surface area contributed by atoms with E-state index in [9.17, 15) is 0 Å². The van der Waals surface area contributed by atoms with Gasteiger partial charge < -0.3 is 9.47 Å². The van der Waals surface area contributed by atoms with Crippen LogP contribution in [0.25, 0.3) is 52.2 Å². The van der Waals surface area contributed by atoms with E-state index in [0.717, 1.165) is 22.7 Å². The lowest BCUT2D eigenvalue weighted by molar-refractivity contribution is -0.254. The second kappa shape index (κ2) is 10.4. The third-order valence-electron chi connectivity index (χ3n) is 8.06. The van der Waals surface area contributed by atoms with Crippen LogP contribution in [0.15, 0.2) is 97.1 Å². The number of fused-ring (bicyclic) bond motifs is 2. The van der Waals surface area contributed by atoms with Crippen LogP contribution in [-0.4, -0.2) is 32.0 Å². The molecule has 0 atom stereocenters. The Hall–Kier alpha value is -4.28. The summed E-state index contributed by atoms with van der Waals surface area (Å²) in [4.78, 5) is 0.343. The van der Waals surface area contributed by atoms with E-state index in [-0.39, 0.29) is 31.7 Å². The molecule has 228 valence electrons. The van der Waals surface area contributed by atoms with Gasteiger partial charge in [0.2, 0.25) is 0 Å². The van der Waals surface area contributed by atoms with Crippen LogP contribution in [0, 0.1) is 0 Å². The number of hydrogen-bond acceptors (Lipinski definition) is 4. The molecular formula is C35H22F6O2S2. The molecule has 2 heterocycles. The maximum absolute atomic E-state index is 16.3. The van der Waals surface area contributed by atoms with Crippen LogP contribution >= 0.6 is 22.7 Å². The molecule has 0 saturated heterocycles. The van der Waals surface area contributed by atoms with Crippen LogP contribution < -0.4 is 9.47 Å². The molecule has 0 spiro atoms. The van der Waals surface area contributed by atoms with Gasteiger partial charge in [0.1, 0.15) is 11.5 Å². The van der Waals surface area contributed by atoms with Gasteiger partial charge in [-0.3, -0.25) is 0 Å². The number of benzene rings is 4. The van der Waals surface area contributed by atoms with E-state index in [1.807, 2.05) is 0 Å². The van der Waals surface area contributed by atoms with Crippen LogP contribution in [0.4, 0.5) is 26.3 Å². The molecule has 0 fully saturated rings. The molecule has 45 heavy (non-hydrogen) atoms. The highest BCUT2D eigenvalue weighted by atomic mass is 32.1. The molecule has 2 aromatic heterocycles. The van der Waals surface area contributed by atoms with Gasteiger partial charge in [0.25, 0.3) is 0 Å². The Morgan fingerprint density at radius 1 is 0.489 bits per heavy atom. The van der Waals surface area contributed by atoms with Gasteiger partial charge in [-0.05, 0) is 71.8 Å². The summed E-state index contributed by atoms with van der Waals surface area (Å²) >= 11 is 2.15. The highest BCUT2D eigenvalue weighted by molar-refractivity contribution is 7.23. The van der Waals surface area contributed by atoms with Crippen molar-refractivity contribution in [2.45, 2.75) is 17.8 Å². The first-order valence-electron chi connectivity index (χ1n) is 13.7. The molecule has 0 amide bonds. The SMILES string of the molecule is COc1ccc(-c2sc3ccccc3c2C2=C(c3c(-c4ccc(OC)cc4)sc4ccccc34)C(F)(F)C(F)(F)C2(F)F)cc1. The van der Waals surface area contributed by atoms with Crippen molar-refractivity contribution < 1.29 is 35.8 Å². The van der Waals surface area contributed by atoms with E-state index in [1.165, 1.54) is 26.4 Å². The molecule has 6 aromatic rings. The predicted molar refractivity (Wildman–Crippen MR) is 169 cm³/mol. The quantitative estimate of drug-likeness (QED) is 0.167. The third kappa shape index (κ3) is 4.22. The van der Waals surface area contributed by atoms with Gasteiger partial charge in [-0.1, -0.05) is 36.4 Å². The Labute approximate surface area is 261 Å². The Morgan fingerprint density at radius 3 is 1.20 bits per heavy atom. The van der Waals surface area contributed by atoms with E-state index < -0.39 is 28.9 Å². The number of thiophene rings is 2. The fourth-order valence-electron chi connectivity index (χ4n) is 5.87. The first-order valence-corrected chi connectivity index (χ1v) is 15.4. The van der Waals surface area contributed by atoms with E-state index in [2.05, 4.69) is 0 Å². The van der Waals surface area contributed by atoms with Gasteiger partial charge in [-0.15, -0.1) is 22.7 Å². The van der Waals surface area contributed by atoms with E-state index in [4.69, 9.17) is 9.47 Å². The standard InChI is InChI=1S/C35H22F6O2S2/c1-42-21-15-11-19(12-16-21)31-27(23-7-3-5-9-25(23)44-31)29-30(34(38,39)35(40,41)33(29,36)37)28-24-8-4-6-10-26(24)45-32(28)20-13-17-22(43-2)18-14-20/h3-18H,1-2H3. The third-order valence-corrected chi connectivity index (χ3v) is 10.5. The number of methoxy groups -OCH3 is 2. The summed E-state index contributed by atoms with van der Waals surface area (Å²) in [6.45, 7) is 0. The average molecular weight is 653 g/mol. The van der Waals surface area contributed by atoms with Crippen molar-refractivity contribution in [3.8, 4) is 32.4 Å². The molecule has 1 aliphatic rings. The summed E-state index contributed by atoms with van der Waals surface area (Å²) in [6.07, 6.45) is 0. The second-order valence-electron chi connectivity index (χ2n) is 10.5. The van der Waals surface area contributed by atoms with Crippen LogP contribution in [0.5, 0.6) is 11.5 Å². The van der Waals surface area contributed by atoms with Crippen molar-refractivity contribution in [3.05, 3.63) is 108 Å². The molecule has 1 aliphatic carbocycles. The van der Waals surface area contributed by atoms with Crippen molar-refractivity contribution in [2.24, 2.45) is 0 Å². The fraction of sp³-hybridized carbons (Fsp3) is 0.143. The molecule has 0 N–H and O–H groups in total. The molecule has 0 bridgehead atoms. The number of rotatable bonds is 6. The lowest BCUT2D eigenvalue weighted by Gasteiger charge is -2.26. The summed E-state index contributed by atoms with van der Waals surface area (Å²) in [5.41, 5.74) is -2.63. The summed E-state index contributed by atoms with van der Waals surface area (Å²) in [5, 5.41) is 0.360. The average Bonchev–Trinajstić information content (AvgIpc) is 3.64. The van der Waals surface area contributed by atoms with Crippen LogP contribution in [0.2, 0.25) is 0 Å². The van der Waals surface area contributed by atoms with Crippen molar-refractivity contribution in [1.29, 1.82) is 0 Å². The van der Waals surface area contributed by atoms with Gasteiger partial charge >= 0.3 is 17.8 Å². The molecule has 0 radical (unpaired) electrons. The van der Waals surface area contributed by atoms with Crippen molar-refractivity contribution in [3.63, 3.8) is 0 Å². The Kier molecular flexibility index (Phi) is 6.79. The van der Waals surface area contributed by atoms with Crippen LogP contribution in [-0.2, 0) is 0 Å². The Balaban J connectivity index is 1.65. The lowest BCUT2D eigenvalue weighted by atomic mass is 9.89. The highest BCUT2D eigenvalue weighted by Crippen LogP contribution is 2.68. The molecule has 0 saturated carbocycles. The highest BCUT2D eigenvalue weighted by Gasteiger charge is 2.80. The van der Waals surface area contributed by atoms with E-state index in [0.29, 0.717) is 32.0 Å². The summed E-state index contributed by atoms with van der Waals surface area (Å²) < 4.78 is 108. The van der Waals surface area contributed by atoms with Crippen molar-refractivity contribution in [2.75, 3.05) is 14.2 Å². The minimum absolute atomic E-state index is 0.171. The van der Waals surface area contributed by atoms with Gasteiger partial charge in [-0.25, -0.2) is 0 Å². The Morgan fingerprint density at radius 2 is 0.844 bits per heavy atom. The second-order valence-corrected chi connectivity index (χ2v) is 12.6. The van der Waals surface area contributed by atoms with Crippen LogP contribution in [0.1, 0.15) is 11.1 Å². The smallest absolute Gasteiger partial charge is 0.380 e. The topological polar surface area (TPSA) is 18.5 Å². The van der Waals surface area contributed by atoms with Crippen LogP contribution in [0.3, 0.4) is 0 Å². The zero-order valence-electron chi connectivity index (χ0n) is 23.6. The summed E-state index contributed by atoms with van der Waals surface area (Å²) in [5.74, 6) is -15.2. The van der Waals surface area contributed by atoms with Gasteiger partial charge in [0, 0.05) is 52.2 Å². The number of hydrogen-bond donors (Lipinski definition) is 0. The molecule has 0 aliphatic heterocycles.